The van der Waals surface area contributed by atoms with E-state index in [-0.39, 0.29) is 12.6 Å². The Labute approximate surface area is 103 Å². The number of hydrogen-bond acceptors (Lipinski definition) is 2. The SMILES string of the molecule is CC[C@H](C)n1cc(Cl)c(COCC(F)(F)F)n1. The van der Waals surface area contributed by atoms with Crippen LogP contribution in [0.1, 0.15) is 32.0 Å². The van der Waals surface area contributed by atoms with E-state index in [9.17, 15) is 13.2 Å². The molecule has 17 heavy (non-hydrogen) atoms. The van der Waals surface area contributed by atoms with E-state index in [0.717, 1.165) is 6.42 Å². The lowest BCUT2D eigenvalue weighted by molar-refractivity contribution is -0.176. The summed E-state index contributed by atoms with van der Waals surface area (Å²) in [5, 5.41) is 4.42. The summed E-state index contributed by atoms with van der Waals surface area (Å²) in [6.07, 6.45) is -1.87. The fraction of sp³-hybridized carbons (Fsp3) is 0.700. The van der Waals surface area contributed by atoms with Crippen LogP contribution < -0.4 is 0 Å². The molecule has 1 aromatic heterocycles. The van der Waals surface area contributed by atoms with Gasteiger partial charge < -0.3 is 4.74 Å². The number of aromatic nitrogens is 2. The van der Waals surface area contributed by atoms with E-state index in [2.05, 4.69) is 9.84 Å². The Balaban J connectivity index is 2.57. The number of rotatable bonds is 5. The molecule has 0 radical (unpaired) electrons. The van der Waals surface area contributed by atoms with Crippen LogP contribution in [0, 0.1) is 0 Å². The third-order valence-corrected chi connectivity index (χ3v) is 2.62. The number of alkyl halides is 3. The Morgan fingerprint density at radius 3 is 2.71 bits per heavy atom. The minimum atomic E-state index is -4.33. The van der Waals surface area contributed by atoms with E-state index < -0.39 is 12.8 Å². The summed E-state index contributed by atoms with van der Waals surface area (Å²) < 4.78 is 41.7. The maximum Gasteiger partial charge on any atom is 0.411 e. The second-order valence-corrected chi connectivity index (χ2v) is 4.18. The summed E-state index contributed by atoms with van der Waals surface area (Å²) in [4.78, 5) is 0. The second-order valence-electron chi connectivity index (χ2n) is 3.77. The van der Waals surface area contributed by atoms with Gasteiger partial charge in [0.15, 0.2) is 0 Å². The molecule has 0 spiro atoms. The Kier molecular flexibility index (Phi) is 4.82. The molecule has 0 aliphatic carbocycles. The number of halogens is 4. The molecule has 1 rings (SSSR count). The van der Waals surface area contributed by atoms with E-state index in [0.29, 0.717) is 10.7 Å². The highest BCUT2D eigenvalue weighted by Crippen LogP contribution is 2.20. The molecule has 0 bridgehead atoms. The number of hydrogen-bond donors (Lipinski definition) is 0. The first-order chi connectivity index (χ1) is 7.83. The summed E-state index contributed by atoms with van der Waals surface area (Å²) in [5.41, 5.74) is 0.330. The molecule has 1 aromatic rings. The van der Waals surface area contributed by atoms with Crippen molar-refractivity contribution in [2.24, 2.45) is 0 Å². The Bertz CT molecular complexity index is 365. The van der Waals surface area contributed by atoms with Gasteiger partial charge in [0.2, 0.25) is 0 Å². The maximum atomic E-state index is 11.9. The molecule has 98 valence electrons. The third kappa shape index (κ3) is 4.55. The van der Waals surface area contributed by atoms with E-state index >= 15 is 0 Å². The van der Waals surface area contributed by atoms with Crippen molar-refractivity contribution in [1.29, 1.82) is 0 Å². The zero-order chi connectivity index (χ0) is 13.1. The zero-order valence-electron chi connectivity index (χ0n) is 9.59. The average molecular weight is 271 g/mol. The molecule has 1 atom stereocenters. The van der Waals surface area contributed by atoms with Crippen LogP contribution >= 0.6 is 11.6 Å². The Morgan fingerprint density at radius 1 is 1.53 bits per heavy atom. The van der Waals surface area contributed by atoms with Crippen molar-refractivity contribution in [3.05, 3.63) is 16.9 Å². The molecule has 7 heteroatoms. The summed E-state index contributed by atoms with van der Waals surface area (Å²) in [6.45, 7) is 2.41. The Morgan fingerprint density at radius 2 is 2.18 bits per heavy atom. The summed E-state index contributed by atoms with van der Waals surface area (Å²) in [5.74, 6) is 0. The van der Waals surface area contributed by atoms with Crippen LogP contribution in [0.25, 0.3) is 0 Å². The molecule has 0 saturated carbocycles. The van der Waals surface area contributed by atoms with Gasteiger partial charge in [-0.15, -0.1) is 0 Å². The van der Waals surface area contributed by atoms with Gasteiger partial charge in [0.05, 0.1) is 11.6 Å². The standard InChI is InChI=1S/C10H14ClF3N2O/c1-3-7(2)16-4-8(11)9(15-16)5-17-6-10(12,13)14/h4,7H,3,5-6H2,1-2H3/t7-/m0/s1. The first kappa shape index (κ1) is 14.3. The fourth-order valence-corrected chi connectivity index (χ4v) is 1.37. The molecular weight excluding hydrogens is 257 g/mol. The zero-order valence-corrected chi connectivity index (χ0v) is 10.3. The smallest absolute Gasteiger partial charge is 0.366 e. The van der Waals surface area contributed by atoms with Crippen LogP contribution in [-0.2, 0) is 11.3 Å². The molecule has 0 fully saturated rings. The highest BCUT2D eigenvalue weighted by Gasteiger charge is 2.27. The topological polar surface area (TPSA) is 27.1 Å². The van der Waals surface area contributed by atoms with Crippen LogP contribution in [0.5, 0.6) is 0 Å². The number of nitrogens with zero attached hydrogens (tertiary/aromatic N) is 2. The van der Waals surface area contributed by atoms with E-state index in [1.807, 2.05) is 13.8 Å². The molecule has 0 aliphatic heterocycles. The highest BCUT2D eigenvalue weighted by atomic mass is 35.5. The Hall–Kier alpha value is -0.750. The van der Waals surface area contributed by atoms with E-state index in [1.54, 1.807) is 10.9 Å². The first-order valence-corrected chi connectivity index (χ1v) is 5.59. The van der Waals surface area contributed by atoms with Crippen LogP contribution in [0.2, 0.25) is 5.02 Å². The second kappa shape index (κ2) is 5.73. The predicted octanol–water partition coefficient (Wildman–Crippen LogP) is 3.59. The summed E-state index contributed by atoms with van der Waals surface area (Å²) in [7, 11) is 0. The molecule has 0 N–H and O–H groups in total. The van der Waals surface area contributed by atoms with Crippen molar-refractivity contribution in [3.8, 4) is 0 Å². The average Bonchev–Trinajstić information content (AvgIpc) is 2.57. The van der Waals surface area contributed by atoms with Crippen molar-refractivity contribution in [2.75, 3.05) is 6.61 Å². The highest BCUT2D eigenvalue weighted by molar-refractivity contribution is 6.31. The lowest BCUT2D eigenvalue weighted by Gasteiger charge is -2.08. The minimum absolute atomic E-state index is 0.156. The van der Waals surface area contributed by atoms with Gasteiger partial charge >= 0.3 is 6.18 Å². The molecule has 3 nitrogen and oxygen atoms in total. The van der Waals surface area contributed by atoms with Crippen molar-refractivity contribution in [2.45, 2.75) is 39.1 Å². The van der Waals surface area contributed by atoms with Gasteiger partial charge in [0, 0.05) is 12.2 Å². The van der Waals surface area contributed by atoms with Gasteiger partial charge in [-0.05, 0) is 13.3 Å². The van der Waals surface area contributed by atoms with Crippen LogP contribution in [-0.4, -0.2) is 22.6 Å². The minimum Gasteiger partial charge on any atom is -0.366 e. The predicted molar refractivity (Wildman–Crippen MR) is 58.0 cm³/mol. The molecule has 0 aliphatic rings. The molecule has 0 aromatic carbocycles. The molecular formula is C10H14ClF3N2O. The van der Waals surface area contributed by atoms with Gasteiger partial charge in [-0.2, -0.15) is 18.3 Å². The van der Waals surface area contributed by atoms with Gasteiger partial charge in [-0.3, -0.25) is 4.68 Å². The van der Waals surface area contributed by atoms with Gasteiger partial charge in [0.25, 0.3) is 0 Å². The van der Waals surface area contributed by atoms with Gasteiger partial charge in [-0.1, -0.05) is 18.5 Å². The van der Waals surface area contributed by atoms with Crippen molar-refractivity contribution in [3.63, 3.8) is 0 Å². The van der Waals surface area contributed by atoms with Gasteiger partial charge in [-0.25, -0.2) is 0 Å². The maximum absolute atomic E-state index is 11.9. The summed E-state index contributed by atoms with van der Waals surface area (Å²) in [6, 6.07) is 0.156. The van der Waals surface area contributed by atoms with Crippen molar-refractivity contribution >= 4 is 11.6 Å². The monoisotopic (exact) mass is 270 g/mol. The largest absolute Gasteiger partial charge is 0.411 e. The van der Waals surface area contributed by atoms with Crippen LogP contribution in [0.3, 0.4) is 0 Å². The lowest BCUT2D eigenvalue weighted by atomic mass is 10.3. The first-order valence-electron chi connectivity index (χ1n) is 5.21. The summed E-state index contributed by atoms with van der Waals surface area (Å²) >= 11 is 5.85. The number of ether oxygens (including phenoxy) is 1. The molecule has 0 saturated heterocycles. The fourth-order valence-electron chi connectivity index (χ4n) is 1.18. The molecule has 1 heterocycles. The van der Waals surface area contributed by atoms with Crippen LogP contribution in [0.15, 0.2) is 6.20 Å². The van der Waals surface area contributed by atoms with Crippen LogP contribution in [0.4, 0.5) is 13.2 Å². The third-order valence-electron chi connectivity index (χ3n) is 2.30. The lowest BCUT2D eigenvalue weighted by Crippen LogP contribution is -2.17. The molecule has 0 amide bonds. The van der Waals surface area contributed by atoms with Gasteiger partial charge in [0.1, 0.15) is 12.3 Å². The molecule has 0 unspecified atom stereocenters. The quantitative estimate of drug-likeness (QED) is 0.818. The van der Waals surface area contributed by atoms with Crippen molar-refractivity contribution in [1.82, 2.24) is 9.78 Å². The van der Waals surface area contributed by atoms with E-state index in [4.69, 9.17) is 11.6 Å². The van der Waals surface area contributed by atoms with E-state index in [1.165, 1.54) is 0 Å². The van der Waals surface area contributed by atoms with Crippen molar-refractivity contribution < 1.29 is 17.9 Å². The normalized spacial score (nSPS) is 14.0.